The smallest absolute Gasteiger partial charge is 0.356 e. The van der Waals surface area contributed by atoms with Gasteiger partial charge in [-0.05, 0) is 42.8 Å². The van der Waals surface area contributed by atoms with E-state index in [1.807, 2.05) is 18.2 Å². The van der Waals surface area contributed by atoms with Gasteiger partial charge in [0.1, 0.15) is 11.5 Å². The fraction of sp³-hybridized carbons (Fsp3) is 0.333. The van der Waals surface area contributed by atoms with E-state index in [0.29, 0.717) is 17.4 Å². The number of aromatic nitrogens is 1. The number of benzene rings is 2. The van der Waals surface area contributed by atoms with Crippen LogP contribution in [0.25, 0.3) is 10.9 Å². The summed E-state index contributed by atoms with van der Waals surface area (Å²) in [6, 6.07) is 10.0. The van der Waals surface area contributed by atoms with E-state index in [2.05, 4.69) is 22.1 Å². The summed E-state index contributed by atoms with van der Waals surface area (Å²) in [7, 11) is 1.26. The predicted molar refractivity (Wildman–Crippen MR) is 127 cm³/mol. The van der Waals surface area contributed by atoms with Crippen molar-refractivity contribution in [3.05, 3.63) is 58.5 Å². The van der Waals surface area contributed by atoms with Crippen LogP contribution < -0.4 is 15.1 Å². The van der Waals surface area contributed by atoms with E-state index in [9.17, 15) is 14.0 Å². The van der Waals surface area contributed by atoms with Crippen molar-refractivity contribution in [1.82, 2.24) is 4.98 Å². The van der Waals surface area contributed by atoms with Gasteiger partial charge in [-0.25, -0.2) is 9.18 Å². The van der Waals surface area contributed by atoms with Crippen molar-refractivity contribution in [1.29, 1.82) is 0 Å². The number of H-pyrrole nitrogens is 1. The molecule has 174 valence electrons. The quantitative estimate of drug-likeness (QED) is 0.481. The SMILES string of the molecule is COC(=O)c1[nH]c2ccc(F)cc2c1NC(=O)CC[NH+]1CCN(c2cc(Cl)ccc2C)CC1. The lowest BCUT2D eigenvalue weighted by Gasteiger charge is -2.34. The maximum absolute atomic E-state index is 13.8. The van der Waals surface area contributed by atoms with Gasteiger partial charge in [-0.3, -0.25) is 4.79 Å². The van der Waals surface area contributed by atoms with Crippen molar-refractivity contribution < 1.29 is 23.6 Å². The Kier molecular flexibility index (Phi) is 6.85. The zero-order valence-corrected chi connectivity index (χ0v) is 19.4. The second-order valence-corrected chi connectivity index (χ2v) is 8.71. The van der Waals surface area contributed by atoms with E-state index >= 15 is 0 Å². The molecule has 9 heteroatoms. The van der Waals surface area contributed by atoms with Gasteiger partial charge in [-0.15, -0.1) is 0 Å². The number of quaternary nitrogens is 1. The van der Waals surface area contributed by atoms with Crippen LogP contribution in [-0.4, -0.2) is 56.7 Å². The van der Waals surface area contributed by atoms with Crippen molar-refractivity contribution in [2.75, 3.05) is 50.1 Å². The van der Waals surface area contributed by atoms with E-state index in [-0.39, 0.29) is 23.7 Å². The molecular weight excluding hydrogens is 447 g/mol. The number of methoxy groups -OCH3 is 1. The molecule has 1 amide bonds. The van der Waals surface area contributed by atoms with Crippen LogP contribution in [0.1, 0.15) is 22.5 Å². The first-order chi connectivity index (χ1) is 15.9. The molecule has 7 nitrogen and oxygen atoms in total. The van der Waals surface area contributed by atoms with Crippen LogP contribution in [-0.2, 0) is 9.53 Å². The lowest BCUT2D eigenvalue weighted by molar-refractivity contribution is -0.900. The lowest BCUT2D eigenvalue weighted by atomic mass is 10.1. The second kappa shape index (κ2) is 9.80. The van der Waals surface area contributed by atoms with Crippen molar-refractivity contribution in [2.45, 2.75) is 13.3 Å². The number of amides is 1. The van der Waals surface area contributed by atoms with Crippen molar-refractivity contribution >= 4 is 45.8 Å². The number of rotatable bonds is 6. The van der Waals surface area contributed by atoms with Crippen LogP contribution in [0.15, 0.2) is 36.4 Å². The largest absolute Gasteiger partial charge is 0.464 e. The molecule has 1 aliphatic heterocycles. The monoisotopic (exact) mass is 473 g/mol. The van der Waals surface area contributed by atoms with Crippen LogP contribution in [0.4, 0.5) is 15.8 Å². The third-order valence-corrected chi connectivity index (χ3v) is 6.34. The molecule has 2 heterocycles. The molecule has 0 saturated carbocycles. The summed E-state index contributed by atoms with van der Waals surface area (Å²) in [5.41, 5.74) is 3.24. The minimum Gasteiger partial charge on any atom is -0.464 e. The molecule has 1 aromatic heterocycles. The number of halogens is 2. The number of ether oxygens (including phenoxy) is 1. The Labute approximate surface area is 196 Å². The van der Waals surface area contributed by atoms with Gasteiger partial charge in [0.05, 0.1) is 51.9 Å². The van der Waals surface area contributed by atoms with Gasteiger partial charge in [0, 0.05) is 21.6 Å². The molecule has 4 rings (SSSR count). The molecule has 1 saturated heterocycles. The summed E-state index contributed by atoms with van der Waals surface area (Å²) in [5, 5.41) is 3.95. The number of fused-ring (bicyclic) bond motifs is 1. The van der Waals surface area contributed by atoms with Gasteiger partial charge >= 0.3 is 5.97 Å². The summed E-state index contributed by atoms with van der Waals surface area (Å²) in [4.78, 5) is 31.4. The number of hydrogen-bond acceptors (Lipinski definition) is 4. The van der Waals surface area contributed by atoms with Crippen molar-refractivity contribution in [2.24, 2.45) is 0 Å². The minimum absolute atomic E-state index is 0.101. The Morgan fingerprint density at radius 1 is 1.21 bits per heavy atom. The number of nitrogens with zero attached hydrogens (tertiary/aromatic N) is 1. The highest BCUT2D eigenvalue weighted by atomic mass is 35.5. The molecule has 1 aliphatic rings. The average Bonchev–Trinajstić information content (AvgIpc) is 3.16. The molecule has 33 heavy (non-hydrogen) atoms. The van der Waals surface area contributed by atoms with Gasteiger partial charge in [0.2, 0.25) is 5.91 Å². The molecule has 0 unspecified atom stereocenters. The maximum atomic E-state index is 13.8. The number of piperazine rings is 1. The fourth-order valence-corrected chi connectivity index (χ4v) is 4.44. The average molecular weight is 474 g/mol. The van der Waals surface area contributed by atoms with Gasteiger partial charge in [0.15, 0.2) is 0 Å². The number of hydrogen-bond donors (Lipinski definition) is 3. The highest BCUT2D eigenvalue weighted by Gasteiger charge is 2.24. The van der Waals surface area contributed by atoms with Crippen LogP contribution >= 0.6 is 11.6 Å². The van der Waals surface area contributed by atoms with Crippen LogP contribution in [0.5, 0.6) is 0 Å². The summed E-state index contributed by atoms with van der Waals surface area (Å²) in [5.74, 6) is -1.31. The van der Waals surface area contributed by atoms with Crippen LogP contribution in [0, 0.1) is 12.7 Å². The number of carbonyl (C=O) groups is 2. The summed E-state index contributed by atoms with van der Waals surface area (Å²) >= 11 is 6.16. The van der Waals surface area contributed by atoms with E-state index < -0.39 is 11.8 Å². The van der Waals surface area contributed by atoms with Crippen molar-refractivity contribution in [3.8, 4) is 0 Å². The maximum Gasteiger partial charge on any atom is 0.356 e. The van der Waals surface area contributed by atoms with Crippen molar-refractivity contribution in [3.63, 3.8) is 0 Å². The number of esters is 1. The van der Waals surface area contributed by atoms with E-state index in [4.69, 9.17) is 16.3 Å². The third-order valence-electron chi connectivity index (χ3n) is 6.10. The Morgan fingerprint density at radius 3 is 2.70 bits per heavy atom. The number of carbonyl (C=O) groups excluding carboxylic acids is 2. The zero-order valence-electron chi connectivity index (χ0n) is 18.6. The molecule has 1 fully saturated rings. The van der Waals surface area contributed by atoms with Crippen LogP contribution in [0.2, 0.25) is 5.02 Å². The van der Waals surface area contributed by atoms with E-state index in [1.54, 1.807) is 0 Å². The van der Waals surface area contributed by atoms with Gasteiger partial charge in [0.25, 0.3) is 0 Å². The minimum atomic E-state index is -0.625. The predicted octanol–water partition coefficient (Wildman–Crippen LogP) is 2.79. The van der Waals surface area contributed by atoms with Crippen LogP contribution in [0.3, 0.4) is 0 Å². The second-order valence-electron chi connectivity index (χ2n) is 8.27. The molecular formula is C24H27ClFN4O3+. The lowest BCUT2D eigenvalue weighted by Crippen LogP contribution is -3.15. The molecule has 0 atom stereocenters. The van der Waals surface area contributed by atoms with E-state index in [1.165, 1.54) is 35.8 Å². The van der Waals surface area contributed by atoms with E-state index in [0.717, 1.165) is 36.9 Å². The number of aryl methyl sites for hydroxylation is 1. The highest BCUT2D eigenvalue weighted by Crippen LogP contribution is 2.29. The first-order valence-corrected chi connectivity index (χ1v) is 11.3. The number of anilines is 2. The van der Waals surface area contributed by atoms with Gasteiger partial charge in [-0.1, -0.05) is 17.7 Å². The first kappa shape index (κ1) is 23.1. The molecule has 0 aliphatic carbocycles. The molecule has 0 radical (unpaired) electrons. The topological polar surface area (TPSA) is 78.9 Å². The molecule has 3 aromatic rings. The summed E-state index contributed by atoms with van der Waals surface area (Å²) in [6.45, 7) is 6.32. The highest BCUT2D eigenvalue weighted by molar-refractivity contribution is 6.30. The number of nitrogens with one attached hydrogen (secondary N) is 3. The molecule has 0 spiro atoms. The Morgan fingerprint density at radius 2 is 1.97 bits per heavy atom. The first-order valence-electron chi connectivity index (χ1n) is 10.9. The standard InChI is InChI=1S/C24H26ClFN4O3/c1-15-3-4-16(25)13-20(15)30-11-9-29(10-12-30)8-7-21(31)28-22-18-14-17(26)5-6-19(18)27-23(22)24(32)33-2/h3-6,13-14,27H,7-12H2,1-2H3,(H,28,31)/p+1. The Hall–Kier alpha value is -3.10. The third kappa shape index (κ3) is 5.12. The molecule has 3 N–H and O–H groups in total. The Bertz CT molecular complexity index is 1190. The van der Waals surface area contributed by atoms with Gasteiger partial charge in [-0.2, -0.15) is 0 Å². The number of aromatic amines is 1. The summed E-state index contributed by atoms with van der Waals surface area (Å²) in [6.07, 6.45) is 0.286. The van der Waals surface area contributed by atoms with Gasteiger partial charge < -0.3 is 24.8 Å². The summed E-state index contributed by atoms with van der Waals surface area (Å²) < 4.78 is 18.6. The normalized spacial score (nSPS) is 14.5. The Balaban J connectivity index is 1.37. The molecule has 0 bridgehead atoms. The molecule has 2 aromatic carbocycles. The zero-order chi connectivity index (χ0) is 23.5. The fourth-order valence-electron chi connectivity index (χ4n) is 4.28.